The number of likely N-dealkylation sites (N-methyl/N-ethyl adjacent to an activating group) is 1. The van der Waals surface area contributed by atoms with Crippen LogP contribution in [0, 0.1) is 45.8 Å². The lowest BCUT2D eigenvalue weighted by Crippen LogP contribution is -2.47. The summed E-state index contributed by atoms with van der Waals surface area (Å²) in [5.74, 6) is 4.29. The number of hydrogen-bond donors (Lipinski definition) is 3. The summed E-state index contributed by atoms with van der Waals surface area (Å²) in [6.07, 6.45) is 17.9. The topological polar surface area (TPSA) is 79.5 Å². The molecule has 2 spiro atoms. The third-order valence-electron chi connectivity index (χ3n) is 12.3. The highest BCUT2D eigenvalue weighted by atomic mass is 16.6. The minimum absolute atomic E-state index is 0.0219. The summed E-state index contributed by atoms with van der Waals surface area (Å²) >= 11 is 0. The lowest BCUT2D eigenvalue weighted by molar-refractivity contribution is -0.120. The molecule has 0 aromatic heterocycles. The molecule has 5 aliphatic rings. The zero-order valence-corrected chi connectivity index (χ0v) is 25.4. The van der Waals surface area contributed by atoms with Gasteiger partial charge < -0.3 is 20.7 Å². The number of amides is 2. The van der Waals surface area contributed by atoms with E-state index in [1.165, 1.54) is 64.2 Å². The fourth-order valence-corrected chi connectivity index (χ4v) is 10.4. The van der Waals surface area contributed by atoms with E-state index in [1.807, 2.05) is 0 Å². The number of hydrogen-bond acceptors (Lipinski definition) is 4. The van der Waals surface area contributed by atoms with Crippen LogP contribution >= 0.6 is 0 Å². The summed E-state index contributed by atoms with van der Waals surface area (Å²) in [7, 11) is 1.74. The van der Waals surface area contributed by atoms with Gasteiger partial charge in [-0.2, -0.15) is 0 Å². The van der Waals surface area contributed by atoms with Gasteiger partial charge in [0.25, 0.3) is 0 Å². The van der Waals surface area contributed by atoms with Gasteiger partial charge in [0, 0.05) is 19.5 Å². The maximum atomic E-state index is 12.4. The molecule has 0 radical (unpaired) electrons. The van der Waals surface area contributed by atoms with E-state index in [4.69, 9.17) is 4.74 Å². The maximum absolute atomic E-state index is 12.4. The first-order chi connectivity index (χ1) is 18.6. The summed E-state index contributed by atoms with van der Waals surface area (Å²) in [4.78, 5) is 24.0. The Bertz CT molecular complexity index is 948. The molecule has 39 heavy (non-hydrogen) atoms. The van der Waals surface area contributed by atoms with Crippen LogP contribution in [0.15, 0.2) is 11.6 Å². The standard InChI is InChI=1S/C33H55N3O3/c1-22(2)7-6-8-23(3)26-11-12-27-28-10-9-24-19-25(39-30(38)36-18-17-35-29(37)20-34-5)13-14-32(24)21-33(28,32)16-15-31(26,27)4/h9,22-23,25-28,34H,6-8,10-21H2,1-5H3,(H,35,37)(H,36,38)/t23?,25-,26?,27?,28?,31-,32-,33?/m1/s1. The molecule has 5 aliphatic carbocycles. The molecule has 0 heterocycles. The summed E-state index contributed by atoms with van der Waals surface area (Å²) in [6.45, 7) is 11.1. The van der Waals surface area contributed by atoms with Crippen molar-refractivity contribution in [3.05, 3.63) is 11.6 Å². The maximum Gasteiger partial charge on any atom is 0.407 e. The number of fused-ring (bicyclic) bond motifs is 2. The molecule has 0 aromatic rings. The highest BCUT2D eigenvalue weighted by Gasteiger charge is 2.76. The average molecular weight is 542 g/mol. The Morgan fingerprint density at radius 2 is 1.82 bits per heavy atom. The highest BCUT2D eigenvalue weighted by molar-refractivity contribution is 5.78. The number of allylic oxidation sites excluding steroid dienone is 1. The van der Waals surface area contributed by atoms with Gasteiger partial charge in [-0.1, -0.05) is 58.6 Å². The predicted molar refractivity (Wildman–Crippen MR) is 156 cm³/mol. The summed E-state index contributed by atoms with van der Waals surface area (Å²) < 4.78 is 5.85. The van der Waals surface area contributed by atoms with Crippen LogP contribution in [0.3, 0.4) is 0 Å². The van der Waals surface area contributed by atoms with Crippen LogP contribution in [0.2, 0.25) is 0 Å². The number of carbonyl (C=O) groups is 2. The summed E-state index contributed by atoms with van der Waals surface area (Å²) in [5.41, 5.74) is 3.09. The van der Waals surface area contributed by atoms with E-state index < -0.39 is 0 Å². The van der Waals surface area contributed by atoms with E-state index in [2.05, 4.69) is 49.7 Å². The molecule has 6 heteroatoms. The van der Waals surface area contributed by atoms with Crippen molar-refractivity contribution in [1.29, 1.82) is 0 Å². The van der Waals surface area contributed by atoms with Crippen molar-refractivity contribution >= 4 is 12.0 Å². The van der Waals surface area contributed by atoms with Crippen molar-refractivity contribution < 1.29 is 14.3 Å². The second kappa shape index (κ2) is 11.4. The van der Waals surface area contributed by atoms with Crippen molar-refractivity contribution in [1.82, 2.24) is 16.0 Å². The minimum Gasteiger partial charge on any atom is -0.446 e. The molecule has 4 fully saturated rings. The van der Waals surface area contributed by atoms with E-state index in [0.29, 0.717) is 29.3 Å². The number of rotatable bonds is 11. The van der Waals surface area contributed by atoms with Crippen LogP contribution in [-0.4, -0.2) is 44.8 Å². The SMILES string of the molecule is CNCC(=O)NCCNC(=O)O[C@@H]1CC[C@]23CC24CC[C@]2(C)C(C(C)CCCC(C)C)CCC2C4CC=C3C1. The second-order valence-electron chi connectivity index (χ2n) is 14.7. The monoisotopic (exact) mass is 541 g/mol. The van der Waals surface area contributed by atoms with Gasteiger partial charge in [0.15, 0.2) is 0 Å². The Morgan fingerprint density at radius 3 is 2.59 bits per heavy atom. The van der Waals surface area contributed by atoms with Crippen LogP contribution in [0.5, 0.6) is 0 Å². The fourth-order valence-electron chi connectivity index (χ4n) is 10.4. The third-order valence-corrected chi connectivity index (χ3v) is 12.3. The molecule has 6 nitrogen and oxygen atoms in total. The van der Waals surface area contributed by atoms with Crippen LogP contribution in [0.4, 0.5) is 4.79 Å². The van der Waals surface area contributed by atoms with Gasteiger partial charge in [0.2, 0.25) is 5.91 Å². The quantitative estimate of drug-likeness (QED) is 0.215. The number of alkyl carbamates (subject to hydrolysis) is 1. The van der Waals surface area contributed by atoms with Crippen molar-refractivity contribution in [3.8, 4) is 0 Å². The Balaban J connectivity index is 1.15. The predicted octanol–water partition coefficient (Wildman–Crippen LogP) is 6.21. The second-order valence-corrected chi connectivity index (χ2v) is 14.7. The number of nitrogens with one attached hydrogen (secondary N) is 3. The van der Waals surface area contributed by atoms with E-state index in [9.17, 15) is 9.59 Å². The molecular weight excluding hydrogens is 486 g/mol. The third kappa shape index (κ3) is 5.28. The zero-order chi connectivity index (χ0) is 27.8. The largest absolute Gasteiger partial charge is 0.446 e. The van der Waals surface area contributed by atoms with Gasteiger partial charge in [0.05, 0.1) is 6.54 Å². The molecule has 8 atom stereocenters. The normalized spacial score (nSPS) is 39.0. The van der Waals surface area contributed by atoms with Crippen molar-refractivity contribution in [3.63, 3.8) is 0 Å². The highest BCUT2D eigenvalue weighted by Crippen LogP contribution is 2.84. The van der Waals surface area contributed by atoms with Gasteiger partial charge in [-0.3, -0.25) is 4.79 Å². The van der Waals surface area contributed by atoms with Gasteiger partial charge in [-0.05, 0) is 104 Å². The molecule has 2 amide bonds. The van der Waals surface area contributed by atoms with Crippen molar-refractivity contribution in [2.75, 3.05) is 26.7 Å². The van der Waals surface area contributed by atoms with Crippen LogP contribution in [0.25, 0.3) is 0 Å². The van der Waals surface area contributed by atoms with Crippen LogP contribution in [-0.2, 0) is 9.53 Å². The lowest BCUT2D eigenvalue weighted by Gasteiger charge is -2.54. The summed E-state index contributed by atoms with van der Waals surface area (Å²) in [6, 6.07) is 0. The Labute approximate surface area is 237 Å². The molecule has 0 saturated heterocycles. The molecule has 0 aromatic carbocycles. The first-order valence-corrected chi connectivity index (χ1v) is 16.2. The van der Waals surface area contributed by atoms with E-state index in [1.54, 1.807) is 12.6 Å². The van der Waals surface area contributed by atoms with Crippen molar-refractivity contribution in [2.45, 2.75) is 111 Å². The first-order valence-electron chi connectivity index (χ1n) is 16.2. The Hall–Kier alpha value is -1.56. The van der Waals surface area contributed by atoms with E-state index >= 15 is 0 Å². The van der Waals surface area contributed by atoms with Gasteiger partial charge in [0.1, 0.15) is 6.10 Å². The van der Waals surface area contributed by atoms with E-state index in [-0.39, 0.29) is 24.6 Å². The first kappa shape index (κ1) is 29.0. The molecular formula is C33H55N3O3. The molecule has 0 bridgehead atoms. The van der Waals surface area contributed by atoms with Crippen molar-refractivity contribution in [2.24, 2.45) is 45.8 Å². The minimum atomic E-state index is -0.355. The van der Waals surface area contributed by atoms with E-state index in [0.717, 1.165) is 42.4 Å². The fraction of sp³-hybridized carbons (Fsp3) is 0.879. The smallest absolute Gasteiger partial charge is 0.407 e. The number of carbonyl (C=O) groups excluding carboxylic acids is 2. The van der Waals surface area contributed by atoms with Gasteiger partial charge in [-0.15, -0.1) is 0 Å². The van der Waals surface area contributed by atoms with Gasteiger partial charge >= 0.3 is 6.09 Å². The lowest BCUT2D eigenvalue weighted by atomic mass is 9.50. The number of ether oxygens (including phenoxy) is 1. The van der Waals surface area contributed by atoms with Crippen LogP contribution < -0.4 is 16.0 Å². The Kier molecular flexibility index (Phi) is 8.44. The van der Waals surface area contributed by atoms with Crippen LogP contribution in [0.1, 0.15) is 105 Å². The molecule has 0 aliphatic heterocycles. The van der Waals surface area contributed by atoms with Gasteiger partial charge in [-0.25, -0.2) is 4.79 Å². The molecule has 220 valence electrons. The molecule has 5 rings (SSSR count). The summed E-state index contributed by atoms with van der Waals surface area (Å²) in [5, 5.41) is 8.40. The molecule has 3 N–H and O–H groups in total. The Morgan fingerprint density at radius 1 is 1.03 bits per heavy atom. The average Bonchev–Trinajstić information content (AvgIpc) is 3.42. The zero-order valence-electron chi connectivity index (χ0n) is 25.4. The molecule has 4 saturated carbocycles. The molecule has 5 unspecified atom stereocenters.